The first-order chi connectivity index (χ1) is 7.59. The van der Waals surface area contributed by atoms with Crippen molar-refractivity contribution in [2.24, 2.45) is 5.41 Å². The summed E-state index contributed by atoms with van der Waals surface area (Å²) in [6.07, 6.45) is 2.96. The zero-order valence-electron chi connectivity index (χ0n) is 11.2. The molecule has 0 spiro atoms. The van der Waals surface area contributed by atoms with Gasteiger partial charge < -0.3 is 4.90 Å². The summed E-state index contributed by atoms with van der Waals surface area (Å²) < 4.78 is 22.8. The second-order valence-electron chi connectivity index (χ2n) is 6.15. The number of hydrogen-bond acceptors (Lipinski definition) is 3. The fourth-order valence-electron chi connectivity index (χ4n) is 2.10. The quantitative estimate of drug-likeness (QED) is 0.756. The van der Waals surface area contributed by atoms with Gasteiger partial charge in [0, 0.05) is 25.8 Å². The van der Waals surface area contributed by atoms with E-state index in [-0.39, 0.29) is 16.6 Å². The van der Waals surface area contributed by atoms with Crippen LogP contribution >= 0.6 is 0 Å². The van der Waals surface area contributed by atoms with Crippen LogP contribution in [0, 0.1) is 5.41 Å². The average molecular weight is 261 g/mol. The highest BCUT2D eigenvalue weighted by molar-refractivity contribution is 7.91. The van der Waals surface area contributed by atoms with Crippen LogP contribution in [0.25, 0.3) is 0 Å². The lowest BCUT2D eigenvalue weighted by Crippen LogP contribution is -2.43. The minimum absolute atomic E-state index is 0.00916. The van der Waals surface area contributed by atoms with E-state index in [1.807, 2.05) is 20.8 Å². The fourth-order valence-corrected chi connectivity index (χ4v) is 3.17. The molecular weight excluding hydrogens is 238 g/mol. The Kier molecular flexibility index (Phi) is 4.23. The van der Waals surface area contributed by atoms with Crippen LogP contribution in [0.3, 0.4) is 0 Å². The van der Waals surface area contributed by atoms with Gasteiger partial charge in [0.2, 0.25) is 5.91 Å². The predicted octanol–water partition coefficient (Wildman–Crippen LogP) is 1.46. The van der Waals surface area contributed by atoms with Gasteiger partial charge in [-0.1, -0.05) is 20.8 Å². The van der Waals surface area contributed by atoms with Gasteiger partial charge in [-0.25, -0.2) is 8.42 Å². The number of likely N-dealkylation sites (tertiary alicyclic amines) is 1. The van der Waals surface area contributed by atoms with Crippen LogP contribution < -0.4 is 0 Å². The van der Waals surface area contributed by atoms with E-state index in [1.54, 1.807) is 4.90 Å². The molecule has 1 amide bonds. The molecule has 0 saturated carbocycles. The average Bonchev–Trinajstić information content (AvgIpc) is 2.14. The van der Waals surface area contributed by atoms with Gasteiger partial charge in [-0.2, -0.15) is 0 Å². The number of nitrogens with zero attached hydrogens (tertiary/aromatic N) is 1. The highest BCUT2D eigenvalue weighted by Gasteiger charge is 2.29. The maximum Gasteiger partial charge on any atom is 0.223 e. The van der Waals surface area contributed by atoms with E-state index >= 15 is 0 Å². The SMILES string of the molecule is CC(C)(C)CC(=O)N1CCC(S(C)(=O)=O)CC1. The van der Waals surface area contributed by atoms with Crippen LogP contribution in [0.4, 0.5) is 0 Å². The molecule has 5 heteroatoms. The summed E-state index contributed by atoms with van der Waals surface area (Å²) in [5.41, 5.74) is -0.00916. The lowest BCUT2D eigenvalue weighted by molar-refractivity contribution is -0.133. The number of rotatable bonds is 2. The Morgan fingerprint density at radius 1 is 1.24 bits per heavy atom. The number of amides is 1. The van der Waals surface area contributed by atoms with Crippen molar-refractivity contribution in [3.8, 4) is 0 Å². The van der Waals surface area contributed by atoms with Crippen molar-refractivity contribution in [2.75, 3.05) is 19.3 Å². The van der Waals surface area contributed by atoms with Crippen LogP contribution in [0.2, 0.25) is 0 Å². The standard InChI is InChI=1S/C12H23NO3S/c1-12(2,3)9-11(14)13-7-5-10(6-8-13)17(4,15)16/h10H,5-9H2,1-4H3. The molecule has 0 aromatic carbocycles. The molecule has 4 nitrogen and oxygen atoms in total. The molecule has 0 aliphatic carbocycles. The zero-order valence-corrected chi connectivity index (χ0v) is 12.0. The topological polar surface area (TPSA) is 54.5 Å². The number of carbonyl (C=O) groups excluding carboxylic acids is 1. The molecule has 1 rings (SSSR count). The highest BCUT2D eigenvalue weighted by atomic mass is 32.2. The summed E-state index contributed by atoms with van der Waals surface area (Å²) in [7, 11) is -2.95. The smallest absolute Gasteiger partial charge is 0.223 e. The second kappa shape index (κ2) is 4.96. The van der Waals surface area contributed by atoms with E-state index in [4.69, 9.17) is 0 Å². The summed E-state index contributed by atoms with van der Waals surface area (Å²) in [5, 5.41) is -0.263. The first-order valence-electron chi connectivity index (χ1n) is 6.06. The molecule has 1 aliphatic heterocycles. The Balaban J connectivity index is 2.50. The molecule has 0 atom stereocenters. The van der Waals surface area contributed by atoms with Crippen molar-refractivity contribution in [1.82, 2.24) is 4.90 Å². The lowest BCUT2D eigenvalue weighted by Gasteiger charge is -2.32. The van der Waals surface area contributed by atoms with Gasteiger partial charge in [0.1, 0.15) is 9.84 Å². The highest BCUT2D eigenvalue weighted by Crippen LogP contribution is 2.23. The van der Waals surface area contributed by atoms with Crippen molar-refractivity contribution in [3.63, 3.8) is 0 Å². The molecule has 0 unspecified atom stereocenters. The first kappa shape index (κ1) is 14.5. The molecule has 0 aromatic rings. The van der Waals surface area contributed by atoms with Gasteiger partial charge in [-0.15, -0.1) is 0 Å². The molecule has 0 radical (unpaired) electrons. The third-order valence-electron chi connectivity index (χ3n) is 3.08. The summed E-state index contributed by atoms with van der Waals surface area (Å²) in [6, 6.07) is 0. The molecule has 0 bridgehead atoms. The summed E-state index contributed by atoms with van der Waals surface area (Å²) in [5.74, 6) is 0.143. The normalized spacial score (nSPS) is 19.4. The van der Waals surface area contributed by atoms with Crippen LogP contribution in [-0.4, -0.2) is 43.8 Å². The summed E-state index contributed by atoms with van der Waals surface area (Å²) in [4.78, 5) is 13.7. The second-order valence-corrected chi connectivity index (χ2v) is 8.47. The zero-order chi connectivity index (χ0) is 13.3. The molecule has 0 aromatic heterocycles. The maximum atomic E-state index is 11.9. The van der Waals surface area contributed by atoms with Crippen LogP contribution in [-0.2, 0) is 14.6 Å². The van der Waals surface area contributed by atoms with Crippen molar-refractivity contribution in [3.05, 3.63) is 0 Å². The van der Waals surface area contributed by atoms with E-state index in [9.17, 15) is 13.2 Å². The Labute approximate surface area is 104 Å². The van der Waals surface area contributed by atoms with Gasteiger partial charge >= 0.3 is 0 Å². The Morgan fingerprint density at radius 3 is 2.06 bits per heavy atom. The fraction of sp³-hybridized carbons (Fsp3) is 0.917. The predicted molar refractivity (Wildman–Crippen MR) is 68.5 cm³/mol. The van der Waals surface area contributed by atoms with E-state index in [1.165, 1.54) is 6.26 Å². The van der Waals surface area contributed by atoms with Crippen molar-refractivity contribution in [1.29, 1.82) is 0 Å². The Bertz CT molecular complexity index is 373. The minimum atomic E-state index is -2.95. The molecule has 1 fully saturated rings. The van der Waals surface area contributed by atoms with E-state index in [2.05, 4.69) is 0 Å². The van der Waals surface area contributed by atoms with Gasteiger partial charge in [0.15, 0.2) is 0 Å². The van der Waals surface area contributed by atoms with Crippen LogP contribution in [0.15, 0.2) is 0 Å². The number of sulfone groups is 1. The molecule has 1 saturated heterocycles. The van der Waals surface area contributed by atoms with Crippen LogP contribution in [0.1, 0.15) is 40.0 Å². The van der Waals surface area contributed by atoms with E-state index in [0.717, 1.165) is 0 Å². The molecule has 1 heterocycles. The van der Waals surface area contributed by atoms with Crippen molar-refractivity contribution >= 4 is 15.7 Å². The third-order valence-corrected chi connectivity index (χ3v) is 4.76. The van der Waals surface area contributed by atoms with Gasteiger partial charge in [0.05, 0.1) is 5.25 Å². The van der Waals surface area contributed by atoms with E-state index < -0.39 is 9.84 Å². The number of piperidine rings is 1. The maximum absolute atomic E-state index is 11.9. The van der Waals surface area contributed by atoms with Crippen molar-refractivity contribution in [2.45, 2.75) is 45.3 Å². The van der Waals surface area contributed by atoms with Gasteiger partial charge in [-0.05, 0) is 18.3 Å². The number of hydrogen-bond donors (Lipinski definition) is 0. The lowest BCUT2D eigenvalue weighted by atomic mass is 9.91. The van der Waals surface area contributed by atoms with E-state index in [0.29, 0.717) is 32.4 Å². The third kappa shape index (κ3) is 4.66. The monoisotopic (exact) mass is 261 g/mol. The molecule has 1 aliphatic rings. The minimum Gasteiger partial charge on any atom is -0.343 e. The van der Waals surface area contributed by atoms with Crippen LogP contribution in [0.5, 0.6) is 0 Å². The van der Waals surface area contributed by atoms with Gasteiger partial charge in [-0.3, -0.25) is 4.79 Å². The molecule has 17 heavy (non-hydrogen) atoms. The summed E-state index contributed by atoms with van der Waals surface area (Å²) >= 11 is 0. The summed E-state index contributed by atoms with van der Waals surface area (Å²) in [6.45, 7) is 7.26. The molecule has 0 N–H and O–H groups in total. The largest absolute Gasteiger partial charge is 0.343 e. The molecular formula is C12H23NO3S. The molecule has 100 valence electrons. The first-order valence-corrected chi connectivity index (χ1v) is 8.02. The Morgan fingerprint density at radius 2 is 1.71 bits per heavy atom. The van der Waals surface area contributed by atoms with Gasteiger partial charge in [0.25, 0.3) is 0 Å². The Hall–Kier alpha value is -0.580. The van der Waals surface area contributed by atoms with Crippen molar-refractivity contribution < 1.29 is 13.2 Å². The number of carbonyl (C=O) groups is 1.